The van der Waals surface area contributed by atoms with Crippen molar-refractivity contribution < 1.29 is 9.59 Å². The average Bonchev–Trinajstić information content (AvgIpc) is 2.95. The van der Waals surface area contributed by atoms with Crippen molar-refractivity contribution >= 4 is 12.2 Å². The van der Waals surface area contributed by atoms with Gasteiger partial charge in [0.05, 0.1) is 6.54 Å². The summed E-state index contributed by atoms with van der Waals surface area (Å²) in [5.41, 5.74) is 5.51. The van der Waals surface area contributed by atoms with E-state index in [1.807, 2.05) is 10.8 Å². The highest BCUT2D eigenvalue weighted by atomic mass is 16.1. The Morgan fingerprint density at radius 3 is 2.81 bits per heavy atom. The van der Waals surface area contributed by atoms with Crippen LogP contribution in [0.1, 0.15) is 44.0 Å². The molecular formula is C14H21N5O2. The first-order valence-corrected chi connectivity index (χ1v) is 7.15. The molecule has 0 amide bonds. The first-order valence-electron chi connectivity index (χ1n) is 7.15. The lowest BCUT2D eigenvalue weighted by Gasteiger charge is -2.13. The molecule has 1 aromatic heterocycles. The topological polar surface area (TPSA) is 103 Å². The SMILES string of the molecule is NCCCn1ccnc1C(CCCCCN=C=O)N=C=O. The zero-order chi connectivity index (χ0) is 15.3. The van der Waals surface area contributed by atoms with Crippen LogP contribution in [0, 0.1) is 0 Å². The van der Waals surface area contributed by atoms with Crippen LogP contribution < -0.4 is 5.73 Å². The molecule has 1 heterocycles. The molecule has 0 aromatic carbocycles. The van der Waals surface area contributed by atoms with Gasteiger partial charge in [0.1, 0.15) is 11.9 Å². The third-order valence-electron chi connectivity index (χ3n) is 3.17. The van der Waals surface area contributed by atoms with Crippen molar-refractivity contribution in [1.29, 1.82) is 0 Å². The molecule has 2 N–H and O–H groups in total. The molecular weight excluding hydrogens is 270 g/mol. The Morgan fingerprint density at radius 2 is 2.10 bits per heavy atom. The Hall–Kier alpha value is -2.07. The van der Waals surface area contributed by atoms with Gasteiger partial charge in [-0.05, 0) is 25.8 Å². The maximum absolute atomic E-state index is 10.6. The molecule has 1 atom stereocenters. The van der Waals surface area contributed by atoms with E-state index in [9.17, 15) is 9.59 Å². The number of aromatic nitrogens is 2. The van der Waals surface area contributed by atoms with Gasteiger partial charge in [-0.15, -0.1) is 0 Å². The minimum absolute atomic E-state index is 0.273. The molecule has 0 aliphatic carbocycles. The molecule has 0 radical (unpaired) electrons. The number of hydrogen-bond donors (Lipinski definition) is 1. The molecule has 0 saturated heterocycles. The predicted molar refractivity (Wildman–Crippen MR) is 78.2 cm³/mol. The summed E-state index contributed by atoms with van der Waals surface area (Å²) in [4.78, 5) is 32.2. The third-order valence-corrected chi connectivity index (χ3v) is 3.17. The number of rotatable bonds is 11. The third kappa shape index (κ3) is 6.27. The van der Waals surface area contributed by atoms with E-state index in [0.717, 1.165) is 44.5 Å². The van der Waals surface area contributed by atoms with E-state index in [-0.39, 0.29) is 6.04 Å². The standard InChI is InChI=1S/C14H21N5O2/c15-6-4-9-19-10-8-17-14(19)13(18-12-21)5-2-1-3-7-16-11-20/h8,10,13H,1-7,9,15H2. The van der Waals surface area contributed by atoms with Crippen molar-refractivity contribution in [3.63, 3.8) is 0 Å². The van der Waals surface area contributed by atoms with E-state index < -0.39 is 0 Å². The Labute approximate surface area is 124 Å². The van der Waals surface area contributed by atoms with Crippen LogP contribution in [-0.2, 0) is 16.1 Å². The molecule has 1 rings (SSSR count). The highest BCUT2D eigenvalue weighted by Gasteiger charge is 2.15. The van der Waals surface area contributed by atoms with Gasteiger partial charge in [-0.3, -0.25) is 0 Å². The number of unbranched alkanes of at least 4 members (excludes halogenated alkanes) is 2. The summed E-state index contributed by atoms with van der Waals surface area (Å²) < 4.78 is 1.98. The number of carbonyl (C=O) groups excluding carboxylic acids is 2. The first-order chi connectivity index (χ1) is 10.3. The zero-order valence-corrected chi connectivity index (χ0v) is 12.1. The van der Waals surface area contributed by atoms with Gasteiger partial charge >= 0.3 is 0 Å². The van der Waals surface area contributed by atoms with Crippen LogP contribution in [0.5, 0.6) is 0 Å². The predicted octanol–water partition coefficient (Wildman–Crippen LogP) is 1.50. The van der Waals surface area contributed by atoms with E-state index in [0.29, 0.717) is 13.1 Å². The lowest BCUT2D eigenvalue weighted by molar-refractivity contribution is 0.505. The van der Waals surface area contributed by atoms with Gasteiger partial charge in [-0.1, -0.05) is 12.8 Å². The molecule has 0 spiro atoms. The van der Waals surface area contributed by atoms with Gasteiger partial charge in [-0.25, -0.2) is 19.6 Å². The Bertz CT molecular complexity index is 501. The second-order valence-corrected chi connectivity index (χ2v) is 4.68. The molecule has 114 valence electrons. The maximum atomic E-state index is 10.6. The van der Waals surface area contributed by atoms with E-state index in [1.165, 1.54) is 6.08 Å². The van der Waals surface area contributed by atoms with Gasteiger partial charge < -0.3 is 10.3 Å². The van der Waals surface area contributed by atoms with Crippen LogP contribution in [0.25, 0.3) is 0 Å². The van der Waals surface area contributed by atoms with Gasteiger partial charge in [-0.2, -0.15) is 4.99 Å². The summed E-state index contributed by atoms with van der Waals surface area (Å²) in [6.07, 6.45) is 10.9. The second kappa shape index (κ2) is 10.7. The molecule has 7 nitrogen and oxygen atoms in total. The highest BCUT2D eigenvalue weighted by molar-refractivity contribution is 5.34. The largest absolute Gasteiger partial charge is 0.333 e. The molecule has 21 heavy (non-hydrogen) atoms. The molecule has 0 saturated carbocycles. The summed E-state index contributed by atoms with van der Waals surface area (Å²) >= 11 is 0. The summed E-state index contributed by atoms with van der Waals surface area (Å²) in [7, 11) is 0. The van der Waals surface area contributed by atoms with Crippen molar-refractivity contribution in [2.75, 3.05) is 13.1 Å². The molecule has 0 aliphatic heterocycles. The van der Waals surface area contributed by atoms with Gasteiger partial charge in [0, 0.05) is 18.9 Å². The van der Waals surface area contributed by atoms with Crippen LogP contribution in [0.15, 0.2) is 22.4 Å². The van der Waals surface area contributed by atoms with Crippen LogP contribution in [0.3, 0.4) is 0 Å². The van der Waals surface area contributed by atoms with Crippen LogP contribution in [-0.4, -0.2) is 34.8 Å². The van der Waals surface area contributed by atoms with Gasteiger partial charge in [0.25, 0.3) is 0 Å². The Morgan fingerprint density at radius 1 is 1.24 bits per heavy atom. The first kappa shape index (κ1) is 17.0. The van der Waals surface area contributed by atoms with Crippen molar-refractivity contribution in [3.8, 4) is 0 Å². The smallest absolute Gasteiger partial charge is 0.235 e. The fraction of sp³-hybridized carbons (Fsp3) is 0.643. The fourth-order valence-electron chi connectivity index (χ4n) is 2.13. The highest BCUT2D eigenvalue weighted by Crippen LogP contribution is 2.22. The number of nitrogens with zero attached hydrogens (tertiary/aromatic N) is 4. The number of nitrogens with two attached hydrogens (primary N) is 1. The number of isocyanates is 2. The summed E-state index contributed by atoms with van der Waals surface area (Å²) in [6.45, 7) is 1.87. The summed E-state index contributed by atoms with van der Waals surface area (Å²) in [5, 5.41) is 0. The normalized spacial score (nSPS) is 11.5. The van der Waals surface area contributed by atoms with E-state index in [4.69, 9.17) is 5.73 Å². The monoisotopic (exact) mass is 291 g/mol. The Kier molecular flexibility index (Phi) is 8.64. The van der Waals surface area contributed by atoms with Crippen LogP contribution >= 0.6 is 0 Å². The number of imidazole rings is 1. The van der Waals surface area contributed by atoms with Crippen molar-refractivity contribution in [3.05, 3.63) is 18.2 Å². The fourth-order valence-corrected chi connectivity index (χ4v) is 2.13. The van der Waals surface area contributed by atoms with Gasteiger partial charge in [0.2, 0.25) is 12.2 Å². The molecule has 0 bridgehead atoms. The van der Waals surface area contributed by atoms with Gasteiger partial charge in [0.15, 0.2) is 0 Å². The van der Waals surface area contributed by atoms with Crippen molar-refractivity contribution in [2.24, 2.45) is 15.7 Å². The van der Waals surface area contributed by atoms with Crippen LogP contribution in [0.2, 0.25) is 0 Å². The summed E-state index contributed by atoms with van der Waals surface area (Å²) in [5.74, 6) is 0.776. The number of aryl methyl sites for hydroxylation is 1. The zero-order valence-electron chi connectivity index (χ0n) is 12.1. The number of aliphatic imine (C=N–C) groups is 2. The van der Waals surface area contributed by atoms with Crippen molar-refractivity contribution in [1.82, 2.24) is 9.55 Å². The minimum Gasteiger partial charge on any atom is -0.333 e. The minimum atomic E-state index is -0.273. The molecule has 0 fully saturated rings. The number of hydrogen-bond acceptors (Lipinski definition) is 6. The average molecular weight is 291 g/mol. The van der Waals surface area contributed by atoms with E-state index in [2.05, 4.69) is 15.0 Å². The Balaban J connectivity index is 2.54. The van der Waals surface area contributed by atoms with Crippen LogP contribution in [0.4, 0.5) is 0 Å². The lowest BCUT2D eigenvalue weighted by atomic mass is 10.1. The van der Waals surface area contributed by atoms with Crippen molar-refractivity contribution in [2.45, 2.75) is 44.7 Å². The summed E-state index contributed by atoms with van der Waals surface area (Å²) in [6, 6.07) is -0.273. The van der Waals surface area contributed by atoms with E-state index >= 15 is 0 Å². The second-order valence-electron chi connectivity index (χ2n) is 4.68. The maximum Gasteiger partial charge on any atom is 0.235 e. The molecule has 7 heteroatoms. The molecule has 0 aliphatic rings. The quantitative estimate of drug-likeness (QED) is 0.379. The lowest BCUT2D eigenvalue weighted by Crippen LogP contribution is -2.11. The molecule has 1 aromatic rings. The van der Waals surface area contributed by atoms with E-state index in [1.54, 1.807) is 12.3 Å². The molecule has 1 unspecified atom stereocenters.